The Morgan fingerprint density at radius 3 is 1.77 bits per heavy atom. The molecular weight excluding hydrogens is 312 g/mol. The summed E-state index contributed by atoms with van der Waals surface area (Å²) < 4.78 is 17.3. The average molecular weight is 322 g/mol. The first-order chi connectivity index (χ1) is 5.41. The summed E-state index contributed by atoms with van der Waals surface area (Å²) in [7, 11) is -1.69. The van der Waals surface area contributed by atoms with Crippen molar-refractivity contribution >= 4 is 65.1 Å². The quantitative estimate of drug-likeness (QED) is 0.557. The lowest BCUT2D eigenvalue weighted by Crippen LogP contribution is -2.36. The van der Waals surface area contributed by atoms with Gasteiger partial charge in [-0.25, -0.2) is 0 Å². The minimum absolute atomic E-state index is 1.69. The lowest BCUT2D eigenvalue weighted by atomic mass is 11.8. The summed E-state index contributed by atoms with van der Waals surface area (Å²) in [5.74, 6) is -6.39. The molecule has 0 fully saturated rings. The van der Waals surface area contributed by atoms with Gasteiger partial charge in [-0.3, -0.25) is 9.32 Å². The van der Waals surface area contributed by atoms with E-state index in [4.69, 9.17) is 45.0 Å². The van der Waals surface area contributed by atoms with Gasteiger partial charge in [-0.05, 0) is 45.0 Å². The van der Waals surface area contributed by atoms with E-state index < -0.39 is 20.1 Å². The fourth-order valence-electron chi connectivity index (χ4n) is 0.557. The highest BCUT2D eigenvalue weighted by Crippen LogP contribution is 2.70. The Bertz CT molecular complexity index is 278. The zero-order chi connectivity index (χ0) is 10.9. The summed E-state index contributed by atoms with van der Waals surface area (Å²) >= 11 is 22.1. The Hall–Kier alpha value is 1.80. The molecule has 0 radical (unpaired) electrons. The van der Waals surface area contributed by atoms with Crippen molar-refractivity contribution in [3.05, 3.63) is 0 Å². The summed E-state index contributed by atoms with van der Waals surface area (Å²) in [6.45, 7) is 5.94. The molecule has 10 heteroatoms. The van der Waals surface area contributed by atoms with Crippen LogP contribution in [0.5, 0.6) is 0 Å². The van der Waals surface area contributed by atoms with Gasteiger partial charge in [-0.1, -0.05) is 19.6 Å². The van der Waals surface area contributed by atoms with Gasteiger partial charge in [0.1, 0.15) is 8.24 Å². The van der Waals surface area contributed by atoms with E-state index in [1.54, 1.807) is 0 Å². The van der Waals surface area contributed by atoms with Crippen LogP contribution >= 0.6 is 56.9 Å². The lowest BCUT2D eigenvalue weighted by molar-refractivity contribution is 0.594. The first kappa shape index (κ1) is 14.8. The molecule has 0 atom stereocenters. The number of nitrogens with one attached hydrogen (secondary N) is 1. The van der Waals surface area contributed by atoms with Crippen LogP contribution in [-0.4, -0.2) is 8.24 Å². The highest BCUT2D eigenvalue weighted by molar-refractivity contribution is 8.17. The van der Waals surface area contributed by atoms with E-state index >= 15 is 0 Å². The molecule has 80 valence electrons. The summed E-state index contributed by atoms with van der Waals surface area (Å²) in [6, 6.07) is 0. The van der Waals surface area contributed by atoms with E-state index in [0.29, 0.717) is 0 Å². The van der Waals surface area contributed by atoms with Crippen molar-refractivity contribution in [1.82, 2.24) is 4.75 Å². The maximum atomic E-state index is 10.9. The van der Waals surface area contributed by atoms with Gasteiger partial charge in [0.15, 0.2) is 0 Å². The van der Waals surface area contributed by atoms with Crippen molar-refractivity contribution in [2.45, 2.75) is 19.6 Å². The minimum atomic E-state index is -3.56. The Morgan fingerprint density at radius 1 is 1.15 bits per heavy atom. The summed E-state index contributed by atoms with van der Waals surface area (Å²) in [4.78, 5) is 0. The molecule has 0 aliphatic heterocycles. The predicted molar refractivity (Wildman–Crippen MR) is 66.8 cm³/mol. The van der Waals surface area contributed by atoms with Crippen molar-refractivity contribution in [3.63, 3.8) is 0 Å². The van der Waals surface area contributed by atoms with Crippen LogP contribution in [0.25, 0.3) is 0 Å². The Kier molecular flexibility index (Phi) is 5.41. The first-order valence-electron chi connectivity index (χ1n) is 3.23. The van der Waals surface area contributed by atoms with Crippen LogP contribution in [0.2, 0.25) is 19.6 Å². The van der Waals surface area contributed by atoms with Gasteiger partial charge >= 0.3 is 6.00 Å². The van der Waals surface area contributed by atoms with Gasteiger partial charge in [0.05, 0.1) is 0 Å². The lowest BCUT2D eigenvalue weighted by Gasteiger charge is -2.22. The molecule has 0 spiro atoms. The molecular formula is C3H10Cl4N2OP2Si. The van der Waals surface area contributed by atoms with E-state index in [1.165, 1.54) is 0 Å². The van der Waals surface area contributed by atoms with Crippen LogP contribution in [0, 0.1) is 0 Å². The molecule has 1 N–H and O–H groups in total. The Labute approximate surface area is 98.3 Å². The molecule has 0 aliphatic rings. The van der Waals surface area contributed by atoms with Gasteiger partial charge in [-0.2, -0.15) is 4.52 Å². The van der Waals surface area contributed by atoms with Gasteiger partial charge in [0.25, 0.3) is 0 Å². The normalized spacial score (nSPS) is 14.4. The standard InChI is InChI=1S/C3H10Cl4N2OP2Si/c1-13(2,3)9-11(4,5)8-12(6,7)10/h9H,1-3H3. The van der Waals surface area contributed by atoms with E-state index in [2.05, 4.69) is 9.27 Å². The minimum Gasteiger partial charge on any atom is -0.281 e. The average Bonchev–Trinajstić information content (AvgIpc) is 1.43. The molecule has 13 heavy (non-hydrogen) atoms. The van der Waals surface area contributed by atoms with Crippen LogP contribution in [-0.2, 0) is 4.57 Å². The summed E-state index contributed by atoms with van der Waals surface area (Å²) in [5, 5.41) is 0. The molecule has 0 aromatic carbocycles. The Balaban J connectivity index is 4.79. The molecule has 0 heterocycles. The fourth-order valence-corrected chi connectivity index (χ4v) is 14.8. The number of hydrogen-bond donors (Lipinski definition) is 1. The van der Waals surface area contributed by atoms with Crippen LogP contribution in [0.15, 0.2) is 4.52 Å². The molecule has 0 saturated heterocycles. The van der Waals surface area contributed by atoms with Crippen LogP contribution < -0.4 is 4.75 Å². The number of hydrogen-bond acceptors (Lipinski definition) is 1. The monoisotopic (exact) mass is 320 g/mol. The van der Waals surface area contributed by atoms with Crippen molar-refractivity contribution < 1.29 is 4.57 Å². The van der Waals surface area contributed by atoms with Crippen molar-refractivity contribution in [3.8, 4) is 0 Å². The van der Waals surface area contributed by atoms with Crippen molar-refractivity contribution in [2.24, 2.45) is 4.52 Å². The third-order valence-electron chi connectivity index (χ3n) is 0.686. The predicted octanol–water partition coefficient (Wildman–Crippen LogP) is 5.42. The molecule has 0 aromatic rings. The molecule has 0 aromatic heterocycles. The zero-order valence-electron chi connectivity index (χ0n) is 7.26. The second kappa shape index (κ2) is 4.76. The fraction of sp³-hybridized carbons (Fsp3) is 1.00. The van der Waals surface area contributed by atoms with Crippen molar-refractivity contribution in [1.29, 1.82) is 0 Å². The Morgan fingerprint density at radius 2 is 1.54 bits per heavy atom. The first-order valence-corrected chi connectivity index (χ1v) is 13.8. The SMILES string of the molecule is C[Si](C)(C)NP(Cl)(Cl)=NP(=O)(Cl)Cl. The van der Waals surface area contributed by atoms with Gasteiger partial charge in [-0.15, -0.1) is 0 Å². The second-order valence-electron chi connectivity index (χ2n) is 3.37. The third-order valence-corrected chi connectivity index (χ3v) is 10.1. The molecule has 3 nitrogen and oxygen atoms in total. The zero-order valence-corrected chi connectivity index (χ0v) is 13.1. The molecule has 0 amide bonds. The molecule has 0 rings (SSSR count). The summed E-state index contributed by atoms with van der Waals surface area (Å²) in [5.41, 5.74) is 0. The van der Waals surface area contributed by atoms with Gasteiger partial charge < -0.3 is 0 Å². The smallest absolute Gasteiger partial charge is 0.281 e. The molecule has 0 aliphatic carbocycles. The number of rotatable bonds is 3. The maximum Gasteiger partial charge on any atom is 0.365 e. The second-order valence-corrected chi connectivity index (χ2v) is 18.0. The number of nitrogens with zero attached hydrogens (tertiary/aromatic N) is 1. The highest BCUT2D eigenvalue weighted by atomic mass is 35.9. The van der Waals surface area contributed by atoms with E-state index in [1.807, 2.05) is 19.6 Å². The molecule has 0 saturated carbocycles. The highest BCUT2D eigenvalue weighted by Gasteiger charge is 2.26. The molecule has 0 unspecified atom stereocenters. The largest absolute Gasteiger partial charge is 0.365 e. The summed E-state index contributed by atoms with van der Waals surface area (Å²) in [6.07, 6.45) is 0. The van der Waals surface area contributed by atoms with Crippen molar-refractivity contribution in [2.75, 3.05) is 0 Å². The van der Waals surface area contributed by atoms with Crippen LogP contribution in [0.3, 0.4) is 0 Å². The topological polar surface area (TPSA) is 41.5 Å². The van der Waals surface area contributed by atoms with Crippen LogP contribution in [0.4, 0.5) is 0 Å². The van der Waals surface area contributed by atoms with Crippen LogP contribution in [0.1, 0.15) is 0 Å². The van der Waals surface area contributed by atoms with E-state index in [-0.39, 0.29) is 0 Å². The maximum absolute atomic E-state index is 10.9. The van der Waals surface area contributed by atoms with Gasteiger partial charge in [0.2, 0.25) is 5.91 Å². The van der Waals surface area contributed by atoms with Gasteiger partial charge in [0, 0.05) is 0 Å². The van der Waals surface area contributed by atoms with E-state index in [0.717, 1.165) is 0 Å². The third kappa shape index (κ3) is 10.1. The molecule has 0 bridgehead atoms. The van der Waals surface area contributed by atoms with E-state index in [9.17, 15) is 4.57 Å². The number of halogens is 4.